The Balaban J connectivity index is 2.57. The smallest absolute Gasteiger partial charge is 0.0342 e. The number of nitrogens with two attached hydrogens (primary N) is 1. The molecule has 3 heteroatoms. The lowest BCUT2D eigenvalue weighted by Gasteiger charge is -2.28. The normalized spacial score (nSPS) is 30.8. The van der Waals surface area contributed by atoms with Gasteiger partial charge in [0, 0.05) is 38.8 Å². The summed E-state index contributed by atoms with van der Waals surface area (Å²) in [7, 11) is 2.20. The van der Waals surface area contributed by atoms with Gasteiger partial charge < -0.3 is 15.5 Å². The van der Waals surface area contributed by atoms with Crippen LogP contribution in [0.4, 0.5) is 0 Å². The first-order chi connectivity index (χ1) is 7.02. The molecule has 0 aromatic carbocycles. The second-order valence-corrected chi connectivity index (χ2v) is 5.55. The van der Waals surface area contributed by atoms with E-state index in [1.54, 1.807) is 0 Å². The van der Waals surface area contributed by atoms with Crippen molar-refractivity contribution in [1.82, 2.24) is 9.80 Å². The summed E-state index contributed by atoms with van der Waals surface area (Å²) in [6.45, 7) is 12.4. The molecule has 3 nitrogen and oxygen atoms in total. The molecule has 0 aromatic rings. The summed E-state index contributed by atoms with van der Waals surface area (Å²) >= 11 is 0. The molecule has 2 unspecified atom stereocenters. The molecule has 0 aromatic heterocycles. The summed E-state index contributed by atoms with van der Waals surface area (Å²) in [5.74, 6) is 1.50. The first-order valence-corrected chi connectivity index (χ1v) is 6.15. The van der Waals surface area contributed by atoms with Crippen LogP contribution in [-0.4, -0.2) is 55.6 Å². The molecule has 1 aliphatic rings. The van der Waals surface area contributed by atoms with E-state index in [0.29, 0.717) is 6.04 Å². The van der Waals surface area contributed by atoms with Crippen LogP contribution in [0.1, 0.15) is 20.8 Å². The van der Waals surface area contributed by atoms with E-state index in [9.17, 15) is 0 Å². The van der Waals surface area contributed by atoms with Crippen LogP contribution in [0.3, 0.4) is 0 Å². The average molecular weight is 213 g/mol. The molecule has 0 radical (unpaired) electrons. The summed E-state index contributed by atoms with van der Waals surface area (Å²) in [6, 6.07) is 0.536. The highest BCUT2D eigenvalue weighted by Gasteiger charge is 2.24. The third kappa shape index (κ3) is 4.09. The van der Waals surface area contributed by atoms with Crippen LogP contribution in [0.15, 0.2) is 0 Å². The lowest BCUT2D eigenvalue weighted by molar-refractivity contribution is 0.198. The molecule has 1 fully saturated rings. The van der Waals surface area contributed by atoms with Crippen LogP contribution in [0.2, 0.25) is 0 Å². The molecule has 90 valence electrons. The number of likely N-dealkylation sites (N-methyl/N-ethyl adjacent to an activating group) is 1. The molecule has 0 spiro atoms. The quantitative estimate of drug-likeness (QED) is 0.754. The first kappa shape index (κ1) is 12.9. The predicted molar refractivity (Wildman–Crippen MR) is 65.9 cm³/mol. The van der Waals surface area contributed by atoms with Gasteiger partial charge >= 0.3 is 0 Å². The van der Waals surface area contributed by atoms with E-state index in [1.165, 1.54) is 19.6 Å². The lowest BCUT2D eigenvalue weighted by Crippen LogP contribution is -2.44. The van der Waals surface area contributed by atoms with Gasteiger partial charge in [-0.1, -0.05) is 20.8 Å². The largest absolute Gasteiger partial charge is 0.329 e. The van der Waals surface area contributed by atoms with Crippen molar-refractivity contribution >= 4 is 0 Å². The molecule has 0 saturated carbocycles. The van der Waals surface area contributed by atoms with E-state index in [4.69, 9.17) is 5.73 Å². The van der Waals surface area contributed by atoms with Crippen molar-refractivity contribution in [2.45, 2.75) is 26.8 Å². The van der Waals surface area contributed by atoms with Crippen molar-refractivity contribution in [2.75, 3.05) is 39.8 Å². The third-order valence-corrected chi connectivity index (χ3v) is 3.16. The molecule has 1 rings (SSSR count). The highest BCUT2D eigenvalue weighted by Crippen LogP contribution is 2.13. The van der Waals surface area contributed by atoms with Crippen molar-refractivity contribution < 1.29 is 0 Å². The predicted octanol–water partition coefficient (Wildman–Crippen LogP) is 0.853. The van der Waals surface area contributed by atoms with Crippen molar-refractivity contribution in [2.24, 2.45) is 17.6 Å². The standard InChI is InChI=1S/C12H27N3/c1-10(2)6-15-8-11(3)7-14(4)12(5-13)9-15/h10-12H,5-9,13H2,1-4H3. The Hall–Kier alpha value is -0.120. The lowest BCUT2D eigenvalue weighted by atomic mass is 10.1. The summed E-state index contributed by atoms with van der Waals surface area (Å²) in [6.07, 6.45) is 0. The molecule has 0 bridgehead atoms. The zero-order chi connectivity index (χ0) is 11.4. The number of nitrogens with zero attached hydrogens (tertiary/aromatic N) is 2. The van der Waals surface area contributed by atoms with Crippen molar-refractivity contribution in [3.8, 4) is 0 Å². The number of hydrogen-bond donors (Lipinski definition) is 1. The Kier molecular flexibility index (Phi) is 5.03. The molecule has 1 heterocycles. The molecule has 1 aliphatic heterocycles. The van der Waals surface area contributed by atoms with E-state index in [-0.39, 0.29) is 0 Å². The Morgan fingerprint density at radius 1 is 1.27 bits per heavy atom. The van der Waals surface area contributed by atoms with E-state index in [2.05, 4.69) is 37.6 Å². The molecule has 15 heavy (non-hydrogen) atoms. The zero-order valence-electron chi connectivity index (χ0n) is 10.7. The van der Waals surface area contributed by atoms with Crippen molar-refractivity contribution in [1.29, 1.82) is 0 Å². The van der Waals surface area contributed by atoms with Gasteiger partial charge in [-0.2, -0.15) is 0 Å². The fourth-order valence-corrected chi connectivity index (χ4v) is 2.57. The van der Waals surface area contributed by atoms with Gasteiger partial charge in [-0.15, -0.1) is 0 Å². The van der Waals surface area contributed by atoms with E-state index in [1.807, 2.05) is 0 Å². The van der Waals surface area contributed by atoms with Gasteiger partial charge in [-0.05, 0) is 18.9 Å². The summed E-state index contributed by atoms with van der Waals surface area (Å²) in [5.41, 5.74) is 5.83. The van der Waals surface area contributed by atoms with Gasteiger partial charge in [0.25, 0.3) is 0 Å². The topological polar surface area (TPSA) is 32.5 Å². The van der Waals surface area contributed by atoms with E-state index >= 15 is 0 Å². The van der Waals surface area contributed by atoms with Crippen LogP contribution >= 0.6 is 0 Å². The Labute approximate surface area is 94.6 Å². The highest BCUT2D eigenvalue weighted by molar-refractivity contribution is 4.81. The van der Waals surface area contributed by atoms with E-state index < -0.39 is 0 Å². The minimum absolute atomic E-state index is 0.536. The maximum absolute atomic E-state index is 5.83. The second-order valence-electron chi connectivity index (χ2n) is 5.55. The summed E-state index contributed by atoms with van der Waals surface area (Å²) in [5, 5.41) is 0. The maximum Gasteiger partial charge on any atom is 0.0342 e. The SMILES string of the molecule is CC(C)CN1CC(C)CN(C)C(CN)C1. The Bertz CT molecular complexity index is 182. The fraction of sp³-hybridized carbons (Fsp3) is 1.00. The average Bonchev–Trinajstić information content (AvgIpc) is 2.23. The summed E-state index contributed by atoms with van der Waals surface area (Å²) in [4.78, 5) is 5.00. The number of rotatable bonds is 3. The Morgan fingerprint density at radius 3 is 2.47 bits per heavy atom. The molecule has 1 saturated heterocycles. The van der Waals surface area contributed by atoms with Gasteiger partial charge in [-0.25, -0.2) is 0 Å². The summed E-state index contributed by atoms with van der Waals surface area (Å²) < 4.78 is 0. The minimum Gasteiger partial charge on any atom is -0.329 e. The van der Waals surface area contributed by atoms with Crippen LogP contribution in [0, 0.1) is 11.8 Å². The van der Waals surface area contributed by atoms with Gasteiger partial charge in [0.1, 0.15) is 0 Å². The van der Waals surface area contributed by atoms with Crippen molar-refractivity contribution in [3.05, 3.63) is 0 Å². The zero-order valence-corrected chi connectivity index (χ0v) is 10.7. The molecule has 0 amide bonds. The van der Waals surface area contributed by atoms with Gasteiger partial charge in [0.05, 0.1) is 0 Å². The van der Waals surface area contributed by atoms with E-state index in [0.717, 1.165) is 24.9 Å². The van der Waals surface area contributed by atoms with Gasteiger partial charge in [-0.3, -0.25) is 0 Å². The first-order valence-electron chi connectivity index (χ1n) is 6.15. The van der Waals surface area contributed by atoms with Crippen molar-refractivity contribution in [3.63, 3.8) is 0 Å². The van der Waals surface area contributed by atoms with Crippen LogP contribution < -0.4 is 5.73 Å². The van der Waals surface area contributed by atoms with Gasteiger partial charge in [0.15, 0.2) is 0 Å². The van der Waals surface area contributed by atoms with Crippen LogP contribution in [0.25, 0.3) is 0 Å². The minimum atomic E-state index is 0.536. The molecule has 2 N–H and O–H groups in total. The maximum atomic E-state index is 5.83. The second kappa shape index (κ2) is 5.83. The Morgan fingerprint density at radius 2 is 1.93 bits per heavy atom. The van der Waals surface area contributed by atoms with Gasteiger partial charge in [0.2, 0.25) is 0 Å². The molecular weight excluding hydrogens is 186 g/mol. The fourth-order valence-electron chi connectivity index (χ4n) is 2.57. The third-order valence-electron chi connectivity index (χ3n) is 3.16. The monoisotopic (exact) mass is 213 g/mol. The highest BCUT2D eigenvalue weighted by atomic mass is 15.2. The molecule has 2 atom stereocenters. The molecular formula is C12H27N3. The number of hydrogen-bond acceptors (Lipinski definition) is 3. The van der Waals surface area contributed by atoms with Crippen LogP contribution in [0.5, 0.6) is 0 Å². The molecule has 0 aliphatic carbocycles. The van der Waals surface area contributed by atoms with Crippen LogP contribution in [-0.2, 0) is 0 Å².